The van der Waals surface area contributed by atoms with E-state index in [9.17, 15) is 5.26 Å². The van der Waals surface area contributed by atoms with E-state index in [1.165, 1.54) is 59.6 Å². The number of nitriles is 1. The zero-order chi connectivity index (χ0) is 45.8. The fourth-order valence-electron chi connectivity index (χ4n) is 12.1. The predicted molar refractivity (Wildman–Crippen MR) is 303 cm³/mol. The first kappa shape index (κ1) is 43.4. The number of allylic oxidation sites excluding steroid dienone is 26. The summed E-state index contributed by atoms with van der Waals surface area (Å²) in [6.07, 6.45) is 55.0. The Labute approximate surface area is 414 Å². The second-order valence-electron chi connectivity index (χ2n) is 19.8. The van der Waals surface area contributed by atoms with Gasteiger partial charge >= 0.3 is 310 Å². The van der Waals surface area contributed by atoms with Crippen molar-refractivity contribution in [2.45, 2.75) is 74.7 Å². The van der Waals surface area contributed by atoms with Crippen LogP contribution >= 0.6 is 31.2 Å². The topological polar surface area (TPSA) is 23.8 Å². The molecule has 2 unspecified atom stereocenters. The molecule has 0 saturated carbocycles. The molecule has 2 heterocycles. The summed E-state index contributed by atoms with van der Waals surface area (Å²) in [6, 6.07) is 32.9. The summed E-state index contributed by atoms with van der Waals surface area (Å²) in [5.41, 5.74) is 12.2. The minimum absolute atomic E-state index is 0.0108. The molecule has 1 aromatic heterocycles. The number of thiophene rings is 1. The monoisotopic (exact) mass is 1030 g/mol. The van der Waals surface area contributed by atoms with Gasteiger partial charge in [-0.25, -0.2) is 0 Å². The van der Waals surface area contributed by atoms with Crippen LogP contribution in [0.4, 0.5) is 0 Å². The molecule has 4 aromatic carbocycles. The van der Waals surface area contributed by atoms with E-state index in [2.05, 4.69) is 202 Å². The van der Waals surface area contributed by atoms with Crippen LogP contribution in [0.1, 0.15) is 81.9 Å². The first-order chi connectivity index (χ1) is 33.4. The maximum absolute atomic E-state index is 9.84. The molecule has 68 heavy (non-hydrogen) atoms. The van der Waals surface area contributed by atoms with E-state index in [4.69, 9.17) is 0 Å². The summed E-state index contributed by atoms with van der Waals surface area (Å²) in [4.78, 5) is 0. The molecule has 5 aromatic rings. The number of hydrogen-bond donors (Lipinski definition) is 0. The van der Waals surface area contributed by atoms with Crippen molar-refractivity contribution in [2.24, 2.45) is 5.41 Å². The summed E-state index contributed by atoms with van der Waals surface area (Å²) >= 11 is -0.0829. The molecule has 0 spiro atoms. The van der Waals surface area contributed by atoms with E-state index in [0.717, 1.165) is 61.6 Å². The molecule has 0 N–H and O–H groups in total. The van der Waals surface area contributed by atoms with E-state index in [-0.39, 0.29) is 5.41 Å². The van der Waals surface area contributed by atoms with Crippen molar-refractivity contribution in [3.8, 4) is 17.2 Å². The maximum atomic E-state index is 9.84. The Morgan fingerprint density at radius 2 is 1.49 bits per heavy atom. The van der Waals surface area contributed by atoms with Crippen LogP contribution in [0.15, 0.2) is 219 Å². The molecule has 12 rings (SSSR count). The third-order valence-electron chi connectivity index (χ3n) is 15.5. The number of rotatable bonds is 7. The summed E-state index contributed by atoms with van der Waals surface area (Å²) in [5, 5.41) is 17.1. The third-order valence-corrected chi connectivity index (χ3v) is 29.3. The number of fused-ring (bicyclic) bond motifs is 5. The molecular formula is C64H56INSSi. The molecular weight excluding hydrogens is 970 g/mol. The Balaban J connectivity index is 0.927. The Bertz CT molecular complexity index is 3360. The quantitative estimate of drug-likeness (QED) is 0.0905. The van der Waals surface area contributed by atoms with E-state index in [1.54, 1.807) is 34.5 Å². The van der Waals surface area contributed by atoms with Gasteiger partial charge < -0.3 is 0 Å². The van der Waals surface area contributed by atoms with Crippen LogP contribution in [0.25, 0.3) is 42.4 Å². The summed E-state index contributed by atoms with van der Waals surface area (Å²) < 4.78 is 6.14. The fourth-order valence-corrected chi connectivity index (χ4v) is 26.3. The van der Waals surface area contributed by atoms with Crippen LogP contribution in [-0.4, -0.2) is 12.0 Å². The molecule has 1 nitrogen and oxygen atoms in total. The van der Waals surface area contributed by atoms with Gasteiger partial charge in [-0.15, -0.1) is 11.3 Å². The second-order valence-corrected chi connectivity index (χ2v) is 30.7. The molecule has 0 amide bonds. The van der Waals surface area contributed by atoms with Crippen molar-refractivity contribution in [3.63, 3.8) is 0 Å². The molecule has 0 fully saturated rings. The van der Waals surface area contributed by atoms with Gasteiger partial charge in [0, 0.05) is 15.5 Å². The van der Waals surface area contributed by atoms with Gasteiger partial charge in [0.1, 0.15) is 6.07 Å². The van der Waals surface area contributed by atoms with Gasteiger partial charge in [-0.3, -0.25) is 0 Å². The summed E-state index contributed by atoms with van der Waals surface area (Å²) in [5.74, 6) is 0. The van der Waals surface area contributed by atoms with Crippen LogP contribution < -0.4 is 5.19 Å². The van der Waals surface area contributed by atoms with Gasteiger partial charge in [-0.2, -0.15) is 5.26 Å². The van der Waals surface area contributed by atoms with Crippen LogP contribution in [0, 0.1) is 20.3 Å². The zero-order valence-electron chi connectivity index (χ0n) is 39.0. The van der Waals surface area contributed by atoms with Crippen molar-refractivity contribution >= 4 is 75.7 Å². The van der Waals surface area contributed by atoms with Crippen LogP contribution in [0.3, 0.4) is 0 Å². The Hall–Kier alpha value is -5.84. The minimum atomic E-state index is -2.49. The first-order valence-corrected chi connectivity index (χ1v) is 31.0. The SMILES string of the molecule is CC1(C)C=CC2=C(/C=C/C3=C1CCC=C3)c1cc(-c3ccc([Si](C4=CC=CCC4)(C4=CC=CCC4)C4C=CC(c5ccc6c(c5)sc5c(C#N)cccc56)=CC4)cc3)ccc1I2C1C=CC=CC1. The Kier molecular flexibility index (Phi) is 11.4. The molecule has 2 atom stereocenters. The molecule has 334 valence electrons. The average Bonchev–Trinajstić information content (AvgIpc) is 3.94. The first-order valence-electron chi connectivity index (χ1n) is 24.7. The van der Waals surface area contributed by atoms with Gasteiger partial charge in [0.05, 0.1) is 10.3 Å². The van der Waals surface area contributed by atoms with Crippen molar-refractivity contribution in [3.05, 3.63) is 240 Å². The number of alkyl halides is 1. The summed E-state index contributed by atoms with van der Waals surface area (Å²) in [7, 11) is -2.49. The van der Waals surface area contributed by atoms with Crippen molar-refractivity contribution in [1.29, 1.82) is 5.26 Å². The average molecular weight is 1030 g/mol. The van der Waals surface area contributed by atoms with Gasteiger partial charge in [0.15, 0.2) is 0 Å². The van der Waals surface area contributed by atoms with Gasteiger partial charge in [0.25, 0.3) is 0 Å². The van der Waals surface area contributed by atoms with Crippen LogP contribution in [0.5, 0.6) is 0 Å². The fraction of sp³-hybridized carbons (Fsp3) is 0.203. The Morgan fingerprint density at radius 1 is 0.691 bits per heavy atom. The molecule has 6 aliphatic carbocycles. The molecule has 0 bridgehead atoms. The zero-order valence-corrected chi connectivity index (χ0v) is 43.0. The summed E-state index contributed by atoms with van der Waals surface area (Å²) in [6.45, 7) is 4.84. The number of hydrogen-bond acceptors (Lipinski definition) is 2. The second kappa shape index (κ2) is 17.9. The number of benzene rings is 4. The Morgan fingerprint density at radius 3 is 2.22 bits per heavy atom. The predicted octanol–water partition coefficient (Wildman–Crippen LogP) is 17.4. The normalized spacial score (nSPS) is 22.5. The van der Waals surface area contributed by atoms with E-state index >= 15 is 0 Å². The van der Waals surface area contributed by atoms with E-state index < -0.39 is 27.9 Å². The van der Waals surface area contributed by atoms with Crippen molar-refractivity contribution in [2.75, 3.05) is 0 Å². The number of nitrogens with zero attached hydrogens (tertiary/aromatic N) is 1. The van der Waals surface area contributed by atoms with Crippen LogP contribution in [0.2, 0.25) is 5.54 Å². The molecule has 4 heteroatoms. The third kappa shape index (κ3) is 7.45. The molecule has 1 aliphatic heterocycles. The van der Waals surface area contributed by atoms with E-state index in [1.807, 2.05) is 12.1 Å². The van der Waals surface area contributed by atoms with Gasteiger partial charge in [-0.05, 0) is 23.3 Å². The van der Waals surface area contributed by atoms with Crippen LogP contribution in [-0.2, 0) is 0 Å². The van der Waals surface area contributed by atoms with Crippen molar-refractivity contribution in [1.82, 2.24) is 0 Å². The molecule has 0 saturated heterocycles. The standard InChI is InChI=1S/C64H56INSSi/c1-64(2)40-39-61-55(36-29-46-15-12-13-24-59(46)64)58-41-47(31-38-60(58)65(61)50-17-6-3-7-18-50)44-25-32-53(33-26-44)68(51-19-8-4-9-20-51,52-21-10-5-11-22-52)54-34-27-45(28-35-54)48-30-37-56-57-23-14-16-49(43-66)63(57)67-62(56)42-48/h3-8,10,12,14-17,19,21,23,25-34,36-42,50,54H,9,11,13,18,20,22,24,35H2,1-2H3/b36-29+,40-39?. The number of halogens is 1. The molecule has 0 radical (unpaired) electrons. The molecule has 7 aliphatic rings. The van der Waals surface area contributed by atoms with Gasteiger partial charge in [-0.1, -0.05) is 36.4 Å². The van der Waals surface area contributed by atoms with Gasteiger partial charge in [0.2, 0.25) is 0 Å². The van der Waals surface area contributed by atoms with E-state index in [0.29, 0.717) is 9.47 Å². The van der Waals surface area contributed by atoms with Crippen molar-refractivity contribution < 1.29 is 0 Å².